The van der Waals surface area contributed by atoms with Crippen molar-refractivity contribution in [2.24, 2.45) is 0 Å². The van der Waals surface area contributed by atoms with Crippen LogP contribution in [0.5, 0.6) is 0 Å². The summed E-state index contributed by atoms with van der Waals surface area (Å²) < 4.78 is 21.0. The highest BCUT2D eigenvalue weighted by Gasteiger charge is 2.47. The quantitative estimate of drug-likeness (QED) is 0.0768. The second-order valence-corrected chi connectivity index (χ2v) is 9.29. The van der Waals surface area contributed by atoms with Crippen molar-refractivity contribution in [1.82, 2.24) is 0 Å². The predicted octanol–water partition coefficient (Wildman–Crippen LogP) is -6.56. The first-order valence-corrected chi connectivity index (χ1v) is 12.3. The Morgan fingerprint density at radius 3 is 1.90 bits per heavy atom. The molecule has 2 fully saturated rings. The second-order valence-electron chi connectivity index (χ2n) is 9.29. The van der Waals surface area contributed by atoms with E-state index in [4.69, 9.17) is 18.9 Å². The van der Waals surface area contributed by atoms with E-state index in [1.807, 2.05) is 6.92 Å². The van der Waals surface area contributed by atoms with Crippen LogP contribution in [-0.2, 0) is 23.7 Å². The van der Waals surface area contributed by atoms with Gasteiger partial charge in [0.25, 0.3) is 0 Å². The molecule has 2 aliphatic rings. The van der Waals surface area contributed by atoms with Gasteiger partial charge in [-0.2, -0.15) is 0 Å². The number of carbonyl (C=O) groups excluding carboxylic acids is 1. The van der Waals surface area contributed by atoms with Crippen molar-refractivity contribution in [2.45, 2.75) is 106 Å². The Bertz CT molecular complexity index is 816. The molecular weight excluding hydrogens is 532 g/mol. The number of aliphatic hydroxyl groups is 11. The lowest BCUT2D eigenvalue weighted by molar-refractivity contribution is -0.333. The third-order valence-corrected chi connectivity index (χ3v) is 6.30. The van der Waals surface area contributed by atoms with Crippen molar-refractivity contribution in [2.75, 3.05) is 19.8 Å². The summed E-state index contributed by atoms with van der Waals surface area (Å²) in [4.78, 5) is 11.8. The second kappa shape index (κ2) is 15.6. The van der Waals surface area contributed by atoms with Gasteiger partial charge in [-0.1, -0.05) is 12.8 Å². The molecule has 2 saturated heterocycles. The Kier molecular flexibility index (Phi) is 13.5. The molecular formula is C23H38O16. The first-order chi connectivity index (χ1) is 18.3. The lowest BCUT2D eigenvalue weighted by Crippen LogP contribution is -2.62. The Morgan fingerprint density at radius 1 is 0.795 bits per heavy atom. The molecule has 0 aromatic heterocycles. The number of hydrogen-bond acceptors (Lipinski definition) is 16. The van der Waals surface area contributed by atoms with E-state index in [1.54, 1.807) is 0 Å². The maximum Gasteiger partial charge on any atom is 0.236 e. The summed E-state index contributed by atoms with van der Waals surface area (Å²) in [5, 5.41) is 110. The summed E-state index contributed by atoms with van der Waals surface area (Å²) in [6.07, 6.45) is -23.9. The van der Waals surface area contributed by atoms with Gasteiger partial charge in [0.05, 0.1) is 19.8 Å². The zero-order chi connectivity index (χ0) is 29.4. The SMILES string of the molecule is CCCC#CC(=O)[C@H](O)[C@@H](O)[C@H](O)[C@H](O)CO[C@H]1O[C@H](CO[C@H]2O[C@H](CO)[C@@H](O)[C@H](O)[C@H]2O)[C@@H](O)[C@H](O)[C@H]1O. The zero-order valence-electron chi connectivity index (χ0n) is 21.1. The van der Waals surface area contributed by atoms with Gasteiger partial charge in [0.2, 0.25) is 5.78 Å². The lowest BCUT2D eigenvalue weighted by Gasteiger charge is -2.42. The molecule has 0 unspecified atom stereocenters. The maximum atomic E-state index is 11.8. The molecule has 226 valence electrons. The highest BCUT2D eigenvalue weighted by Crippen LogP contribution is 2.26. The highest BCUT2D eigenvalue weighted by molar-refractivity contribution is 5.99. The number of rotatable bonds is 12. The topological polar surface area (TPSA) is 277 Å². The fourth-order valence-electron chi connectivity index (χ4n) is 3.80. The van der Waals surface area contributed by atoms with Crippen molar-refractivity contribution >= 4 is 5.78 Å². The van der Waals surface area contributed by atoms with E-state index in [0.29, 0.717) is 12.8 Å². The van der Waals surface area contributed by atoms with Crippen molar-refractivity contribution in [1.29, 1.82) is 0 Å². The fraction of sp³-hybridized carbons (Fsp3) is 0.870. The Balaban J connectivity index is 1.95. The molecule has 2 rings (SSSR count). The summed E-state index contributed by atoms with van der Waals surface area (Å²) in [6, 6.07) is 0. The molecule has 2 aliphatic heterocycles. The summed E-state index contributed by atoms with van der Waals surface area (Å²) in [6.45, 7) is -0.364. The van der Waals surface area contributed by atoms with Gasteiger partial charge in [-0.3, -0.25) is 4.79 Å². The number of carbonyl (C=O) groups is 1. The lowest BCUT2D eigenvalue weighted by atomic mass is 9.98. The van der Waals surface area contributed by atoms with Crippen molar-refractivity contribution in [3.63, 3.8) is 0 Å². The van der Waals surface area contributed by atoms with Gasteiger partial charge in [0, 0.05) is 6.42 Å². The van der Waals surface area contributed by atoms with E-state index in [9.17, 15) is 61.0 Å². The van der Waals surface area contributed by atoms with E-state index in [1.165, 1.54) is 0 Å². The van der Waals surface area contributed by atoms with Crippen LogP contribution in [0.15, 0.2) is 0 Å². The number of hydrogen-bond donors (Lipinski definition) is 11. The molecule has 16 heteroatoms. The average Bonchev–Trinajstić information content (AvgIpc) is 2.93. The van der Waals surface area contributed by atoms with Crippen LogP contribution in [0.1, 0.15) is 19.8 Å². The van der Waals surface area contributed by atoms with E-state index >= 15 is 0 Å². The minimum Gasteiger partial charge on any atom is -0.394 e. The van der Waals surface area contributed by atoms with Crippen LogP contribution in [0.3, 0.4) is 0 Å². The number of ether oxygens (including phenoxy) is 4. The van der Waals surface area contributed by atoms with E-state index in [-0.39, 0.29) is 0 Å². The van der Waals surface area contributed by atoms with Crippen LogP contribution in [-0.4, -0.2) is 168 Å². The van der Waals surface area contributed by atoms with Gasteiger partial charge in [0.15, 0.2) is 18.7 Å². The minimum absolute atomic E-state index is 0.367. The number of aliphatic hydroxyl groups excluding tert-OH is 11. The largest absolute Gasteiger partial charge is 0.394 e. The van der Waals surface area contributed by atoms with Crippen LogP contribution >= 0.6 is 0 Å². The van der Waals surface area contributed by atoms with Gasteiger partial charge in [-0.05, 0) is 12.3 Å². The summed E-state index contributed by atoms with van der Waals surface area (Å²) in [5.74, 6) is 3.50. The zero-order valence-corrected chi connectivity index (χ0v) is 21.1. The maximum absolute atomic E-state index is 11.8. The average molecular weight is 571 g/mol. The monoisotopic (exact) mass is 570 g/mol. The van der Waals surface area contributed by atoms with Crippen molar-refractivity contribution in [3.8, 4) is 11.8 Å². The van der Waals surface area contributed by atoms with Gasteiger partial charge >= 0.3 is 0 Å². The van der Waals surface area contributed by atoms with Gasteiger partial charge in [-0.15, -0.1) is 0 Å². The standard InChI is InChI=1S/C23H38O16/c1-2-3-4-5-9(25)13(27)17(31)14(28)10(26)7-36-22-21(35)19(33)16(30)12(39-22)8-37-23-20(34)18(32)15(29)11(6-24)38-23/h10-24,26-35H,2-3,6-8H2,1H3/t10-,11-,12-,13+,14-,15-,16-,17-,18+,19+,20-,21-,22+,23+/m1/s1. The molecule has 39 heavy (non-hydrogen) atoms. The van der Waals surface area contributed by atoms with Crippen LogP contribution in [0.2, 0.25) is 0 Å². The molecule has 0 aromatic carbocycles. The molecule has 14 atom stereocenters. The van der Waals surface area contributed by atoms with Crippen molar-refractivity contribution in [3.05, 3.63) is 0 Å². The predicted molar refractivity (Wildman–Crippen MR) is 124 cm³/mol. The Hall–Kier alpha value is -1.37. The molecule has 0 radical (unpaired) electrons. The number of unbranched alkanes of at least 4 members (excludes halogenated alkanes) is 1. The fourth-order valence-corrected chi connectivity index (χ4v) is 3.80. The molecule has 11 N–H and O–H groups in total. The molecule has 2 heterocycles. The number of Topliss-reactive ketones (excluding diaryl/α,β-unsaturated/α-hetero) is 1. The van der Waals surface area contributed by atoms with Crippen LogP contribution < -0.4 is 0 Å². The van der Waals surface area contributed by atoms with E-state index in [0.717, 1.165) is 0 Å². The third-order valence-electron chi connectivity index (χ3n) is 6.30. The molecule has 0 amide bonds. The van der Waals surface area contributed by atoms with Crippen LogP contribution in [0.25, 0.3) is 0 Å². The smallest absolute Gasteiger partial charge is 0.236 e. The molecule has 0 aromatic rings. The first kappa shape index (κ1) is 33.8. The number of ketones is 1. The van der Waals surface area contributed by atoms with Crippen LogP contribution in [0, 0.1) is 11.8 Å². The van der Waals surface area contributed by atoms with E-state index < -0.39 is 111 Å². The summed E-state index contributed by atoms with van der Waals surface area (Å²) in [5.41, 5.74) is 0. The van der Waals surface area contributed by atoms with Gasteiger partial charge in [0.1, 0.15) is 67.1 Å². The Labute approximate surface area is 223 Å². The van der Waals surface area contributed by atoms with Crippen molar-refractivity contribution < 1.29 is 79.9 Å². The van der Waals surface area contributed by atoms with Gasteiger partial charge < -0.3 is 75.1 Å². The molecule has 0 saturated carbocycles. The van der Waals surface area contributed by atoms with Gasteiger partial charge in [-0.25, -0.2) is 0 Å². The first-order valence-electron chi connectivity index (χ1n) is 12.3. The summed E-state index contributed by atoms with van der Waals surface area (Å²) in [7, 11) is 0. The highest BCUT2D eigenvalue weighted by atomic mass is 16.7. The van der Waals surface area contributed by atoms with Crippen LogP contribution in [0.4, 0.5) is 0 Å². The molecule has 0 aliphatic carbocycles. The molecule has 0 spiro atoms. The van der Waals surface area contributed by atoms with E-state index in [2.05, 4.69) is 11.8 Å². The summed E-state index contributed by atoms with van der Waals surface area (Å²) >= 11 is 0. The Morgan fingerprint density at radius 2 is 1.33 bits per heavy atom. The molecule has 16 nitrogen and oxygen atoms in total. The normalized spacial score (nSPS) is 38.3. The third kappa shape index (κ3) is 8.56. The molecule has 0 bridgehead atoms. The minimum atomic E-state index is -2.14.